The molecule has 3 fully saturated rings. The maximum absolute atomic E-state index is 15.0. The number of likely N-dealkylation sites (tertiary alicyclic amines) is 2. The van der Waals surface area contributed by atoms with Gasteiger partial charge in [0.15, 0.2) is 0 Å². The van der Waals surface area contributed by atoms with E-state index in [0.717, 1.165) is 58.0 Å². The normalized spacial score (nSPS) is 23.3. The molecule has 0 aromatic heterocycles. The van der Waals surface area contributed by atoms with Crippen LogP contribution in [0.2, 0.25) is 5.02 Å². The Balaban J connectivity index is 1.40. The van der Waals surface area contributed by atoms with Gasteiger partial charge in [-0.25, -0.2) is 4.39 Å². The molecule has 5 nitrogen and oxygen atoms in total. The highest BCUT2D eigenvalue weighted by atomic mass is 35.5. The Labute approximate surface area is 230 Å². The molecular weight excluding hydrogens is 503 g/mol. The monoisotopic (exact) mass is 540 g/mol. The van der Waals surface area contributed by atoms with Crippen molar-refractivity contribution in [3.63, 3.8) is 0 Å². The first-order valence-electron chi connectivity index (χ1n) is 14.1. The number of carbonyl (C=O) groups is 2. The average Bonchev–Trinajstić information content (AvgIpc) is 3.44. The number of amides is 2. The van der Waals surface area contributed by atoms with Crippen molar-refractivity contribution < 1.29 is 18.7 Å². The maximum Gasteiger partial charge on any atom is 0.233 e. The van der Waals surface area contributed by atoms with Crippen LogP contribution in [0.4, 0.5) is 4.39 Å². The molecular formula is C31H38ClFN2O3. The Kier molecular flexibility index (Phi) is 8.27. The minimum Gasteiger partial charge on any atom is -0.493 e. The van der Waals surface area contributed by atoms with E-state index in [0.29, 0.717) is 55.3 Å². The fourth-order valence-corrected chi connectivity index (χ4v) is 6.89. The summed E-state index contributed by atoms with van der Waals surface area (Å²) in [5.74, 6) is 0.531. The van der Waals surface area contributed by atoms with Crippen LogP contribution in [0.3, 0.4) is 0 Å². The van der Waals surface area contributed by atoms with Crippen molar-refractivity contribution in [2.24, 2.45) is 5.41 Å². The molecule has 2 aromatic carbocycles. The van der Waals surface area contributed by atoms with Gasteiger partial charge >= 0.3 is 0 Å². The lowest BCUT2D eigenvalue weighted by atomic mass is 9.73. The van der Waals surface area contributed by atoms with Crippen molar-refractivity contribution >= 4 is 23.4 Å². The summed E-state index contributed by atoms with van der Waals surface area (Å²) < 4.78 is 21.3. The molecule has 2 heterocycles. The fourth-order valence-electron chi connectivity index (χ4n) is 6.77. The molecule has 3 aliphatic rings. The van der Waals surface area contributed by atoms with E-state index < -0.39 is 10.8 Å². The summed E-state index contributed by atoms with van der Waals surface area (Å²) in [4.78, 5) is 31.7. The number of piperidine rings is 2. The average molecular weight is 541 g/mol. The summed E-state index contributed by atoms with van der Waals surface area (Å²) in [5.41, 5.74) is -0.820. The molecule has 1 atom stereocenters. The highest BCUT2D eigenvalue weighted by Gasteiger charge is 2.49. The highest BCUT2D eigenvalue weighted by Crippen LogP contribution is 2.45. The van der Waals surface area contributed by atoms with Gasteiger partial charge in [-0.1, -0.05) is 42.6 Å². The van der Waals surface area contributed by atoms with Gasteiger partial charge in [-0.15, -0.1) is 0 Å². The van der Waals surface area contributed by atoms with Crippen LogP contribution in [-0.4, -0.2) is 54.4 Å². The molecule has 204 valence electrons. The molecule has 2 saturated heterocycles. The second kappa shape index (κ2) is 11.6. The van der Waals surface area contributed by atoms with E-state index in [1.807, 2.05) is 28.0 Å². The first kappa shape index (κ1) is 27.0. The van der Waals surface area contributed by atoms with E-state index in [1.54, 1.807) is 24.3 Å². The van der Waals surface area contributed by atoms with Gasteiger partial charge < -0.3 is 14.5 Å². The lowest BCUT2D eigenvalue weighted by Crippen LogP contribution is -2.55. The van der Waals surface area contributed by atoms with Gasteiger partial charge in [0.25, 0.3) is 0 Å². The highest BCUT2D eigenvalue weighted by molar-refractivity contribution is 6.30. The number of rotatable bonds is 7. The Morgan fingerprint density at radius 1 is 0.842 bits per heavy atom. The molecule has 2 aliphatic heterocycles. The molecule has 1 saturated carbocycles. The fraction of sp³-hybridized carbons (Fsp3) is 0.548. The SMILES string of the molecule is O=C(C[C@]1(COc2ccc(Cl)cc2)CCCN(C(=O)C2(c3ccccc3F)CCCC2)C1)N1CCCCC1. The van der Waals surface area contributed by atoms with E-state index in [1.165, 1.54) is 6.07 Å². The third kappa shape index (κ3) is 5.70. The summed E-state index contributed by atoms with van der Waals surface area (Å²) in [6, 6.07) is 14.0. The summed E-state index contributed by atoms with van der Waals surface area (Å²) >= 11 is 6.06. The third-order valence-corrected chi connectivity index (χ3v) is 9.05. The number of ether oxygens (including phenoxy) is 1. The molecule has 0 N–H and O–H groups in total. The van der Waals surface area contributed by atoms with Crippen LogP contribution in [0.25, 0.3) is 0 Å². The topological polar surface area (TPSA) is 49.9 Å². The summed E-state index contributed by atoms with van der Waals surface area (Å²) in [7, 11) is 0. The maximum atomic E-state index is 15.0. The van der Waals surface area contributed by atoms with E-state index in [9.17, 15) is 9.59 Å². The lowest BCUT2D eigenvalue weighted by Gasteiger charge is -2.46. The van der Waals surface area contributed by atoms with Crippen molar-refractivity contribution in [1.82, 2.24) is 9.80 Å². The second-order valence-corrected chi connectivity index (χ2v) is 11.9. The Morgan fingerprint density at radius 2 is 1.53 bits per heavy atom. The van der Waals surface area contributed by atoms with Crippen LogP contribution in [0.5, 0.6) is 5.75 Å². The van der Waals surface area contributed by atoms with Crippen molar-refractivity contribution in [1.29, 1.82) is 0 Å². The van der Waals surface area contributed by atoms with Crippen molar-refractivity contribution in [2.75, 3.05) is 32.8 Å². The van der Waals surface area contributed by atoms with Gasteiger partial charge in [0.1, 0.15) is 11.6 Å². The van der Waals surface area contributed by atoms with E-state index in [4.69, 9.17) is 16.3 Å². The van der Waals surface area contributed by atoms with Gasteiger partial charge in [-0.3, -0.25) is 9.59 Å². The van der Waals surface area contributed by atoms with E-state index in [2.05, 4.69) is 0 Å². The number of benzene rings is 2. The predicted molar refractivity (Wildman–Crippen MR) is 147 cm³/mol. The number of nitrogens with zero attached hydrogens (tertiary/aromatic N) is 2. The largest absolute Gasteiger partial charge is 0.493 e. The van der Waals surface area contributed by atoms with Crippen LogP contribution in [0.1, 0.15) is 69.8 Å². The molecule has 38 heavy (non-hydrogen) atoms. The first-order chi connectivity index (χ1) is 18.4. The molecule has 0 radical (unpaired) electrons. The summed E-state index contributed by atoms with van der Waals surface area (Å²) in [6.07, 6.45) is 8.30. The van der Waals surface area contributed by atoms with Crippen molar-refractivity contribution in [2.45, 2.75) is 69.6 Å². The zero-order valence-electron chi connectivity index (χ0n) is 22.1. The van der Waals surface area contributed by atoms with Gasteiger partial charge in [-0.05, 0) is 75.3 Å². The van der Waals surface area contributed by atoms with Gasteiger partial charge in [0, 0.05) is 48.6 Å². The van der Waals surface area contributed by atoms with Crippen LogP contribution in [-0.2, 0) is 15.0 Å². The minimum atomic E-state index is -0.831. The van der Waals surface area contributed by atoms with Gasteiger partial charge in [0.2, 0.25) is 11.8 Å². The first-order valence-corrected chi connectivity index (χ1v) is 14.5. The predicted octanol–water partition coefficient (Wildman–Crippen LogP) is 6.38. The minimum absolute atomic E-state index is 0.00101. The number of hydrogen-bond donors (Lipinski definition) is 0. The summed E-state index contributed by atoms with van der Waals surface area (Å²) in [6.45, 7) is 2.99. The smallest absolute Gasteiger partial charge is 0.233 e. The lowest BCUT2D eigenvalue weighted by molar-refractivity contribution is -0.145. The number of carbonyl (C=O) groups excluding carboxylic acids is 2. The molecule has 7 heteroatoms. The third-order valence-electron chi connectivity index (χ3n) is 8.80. The van der Waals surface area contributed by atoms with E-state index in [-0.39, 0.29) is 17.6 Å². The quantitative estimate of drug-likeness (QED) is 0.409. The van der Waals surface area contributed by atoms with Crippen LogP contribution < -0.4 is 4.74 Å². The number of halogens is 2. The molecule has 2 aromatic rings. The Bertz CT molecular complexity index is 1130. The molecule has 5 rings (SSSR count). The van der Waals surface area contributed by atoms with Gasteiger partial charge in [-0.2, -0.15) is 0 Å². The Hall–Kier alpha value is -2.60. The van der Waals surface area contributed by atoms with Crippen LogP contribution >= 0.6 is 11.6 Å². The van der Waals surface area contributed by atoms with Crippen LogP contribution in [0, 0.1) is 11.2 Å². The van der Waals surface area contributed by atoms with Crippen LogP contribution in [0.15, 0.2) is 48.5 Å². The zero-order chi connectivity index (χ0) is 26.6. The molecule has 2 amide bonds. The second-order valence-electron chi connectivity index (χ2n) is 11.5. The number of hydrogen-bond acceptors (Lipinski definition) is 3. The Morgan fingerprint density at radius 3 is 2.24 bits per heavy atom. The molecule has 1 aliphatic carbocycles. The zero-order valence-corrected chi connectivity index (χ0v) is 22.9. The summed E-state index contributed by atoms with van der Waals surface area (Å²) in [5, 5.41) is 0.636. The van der Waals surface area contributed by atoms with Crippen molar-refractivity contribution in [3.05, 3.63) is 64.9 Å². The van der Waals surface area contributed by atoms with Crippen molar-refractivity contribution in [3.8, 4) is 5.75 Å². The standard InChI is InChI=1S/C31H38ClFN2O3/c32-24-11-13-25(14-12-24)38-23-30(21-28(36)34-18-6-1-7-19-34)15-8-20-35(22-30)29(37)31(16-4-5-17-31)26-9-2-3-10-27(26)33/h2-3,9-14H,1,4-8,15-23H2/t30-/m1/s1. The molecule has 0 unspecified atom stereocenters. The van der Waals surface area contributed by atoms with E-state index >= 15 is 4.39 Å². The van der Waals surface area contributed by atoms with Gasteiger partial charge in [0.05, 0.1) is 12.0 Å². The molecule has 0 spiro atoms. The molecule has 0 bridgehead atoms.